The van der Waals surface area contributed by atoms with E-state index in [-0.39, 0.29) is 36.0 Å². The van der Waals surface area contributed by atoms with E-state index < -0.39 is 0 Å². The lowest BCUT2D eigenvalue weighted by atomic mass is 10.0. The summed E-state index contributed by atoms with van der Waals surface area (Å²) in [5.41, 5.74) is 2.10. The van der Waals surface area contributed by atoms with Gasteiger partial charge < -0.3 is 9.88 Å². The predicted octanol–water partition coefficient (Wildman–Crippen LogP) is 3.24. The number of hydrogen-bond donors (Lipinski definition) is 1. The fourth-order valence-corrected chi connectivity index (χ4v) is 3.84. The first-order chi connectivity index (χ1) is 14.9. The first-order valence-corrected chi connectivity index (χ1v) is 10.5. The lowest BCUT2D eigenvalue weighted by Crippen LogP contribution is -2.38. The monoisotopic (exact) mass is 418 g/mol. The molecule has 1 amide bonds. The van der Waals surface area contributed by atoms with Crippen LogP contribution in [0.25, 0.3) is 21.9 Å². The minimum atomic E-state index is -0.337. The van der Waals surface area contributed by atoms with Crippen molar-refractivity contribution in [1.82, 2.24) is 29.9 Å². The third-order valence-corrected chi connectivity index (χ3v) is 5.32. The number of amides is 1. The average Bonchev–Trinajstić information content (AvgIpc) is 3.13. The highest BCUT2D eigenvalue weighted by atomic mass is 16.2. The maximum absolute atomic E-state index is 12.9. The van der Waals surface area contributed by atoms with Gasteiger partial charge in [0.1, 0.15) is 17.9 Å². The average molecular weight is 419 g/mol. The molecule has 4 aromatic rings. The van der Waals surface area contributed by atoms with Crippen LogP contribution in [0.2, 0.25) is 0 Å². The fourth-order valence-electron chi connectivity index (χ4n) is 3.84. The molecule has 0 radical (unpaired) electrons. The highest BCUT2D eigenvalue weighted by Crippen LogP contribution is 2.28. The molecule has 0 aliphatic rings. The van der Waals surface area contributed by atoms with Gasteiger partial charge in [0.05, 0.1) is 22.5 Å². The van der Waals surface area contributed by atoms with E-state index in [0.717, 1.165) is 21.5 Å². The topological polar surface area (TPSA) is 94.7 Å². The molecule has 0 saturated heterocycles. The zero-order chi connectivity index (χ0) is 22.1. The molecule has 0 aliphatic heterocycles. The molecule has 2 aromatic heterocycles. The zero-order valence-corrected chi connectivity index (χ0v) is 18.1. The molecule has 8 heteroatoms. The van der Waals surface area contributed by atoms with Crippen LogP contribution in [0.1, 0.15) is 45.6 Å². The maximum Gasteiger partial charge on any atom is 0.278 e. The number of benzene rings is 2. The van der Waals surface area contributed by atoms with Crippen molar-refractivity contribution in [2.75, 3.05) is 0 Å². The van der Waals surface area contributed by atoms with Crippen LogP contribution >= 0.6 is 0 Å². The standard InChI is InChI=1S/C23H26N6O2/c1-14(2)21(22-24-18-11-7-8-12-19(18)29(22)15(3)4)25-20(30)13-28-23(31)16-9-5-6-10-17(16)26-27-28/h5-12,14-15,21H,13H2,1-4H3,(H,25,30)/t21-/m1/s1. The molecule has 0 spiro atoms. The zero-order valence-electron chi connectivity index (χ0n) is 18.1. The van der Waals surface area contributed by atoms with Gasteiger partial charge in [0.25, 0.3) is 5.56 Å². The van der Waals surface area contributed by atoms with Crippen molar-refractivity contribution < 1.29 is 4.79 Å². The van der Waals surface area contributed by atoms with E-state index in [2.05, 4.69) is 34.0 Å². The normalized spacial score (nSPS) is 12.7. The second kappa shape index (κ2) is 8.29. The number of imidazole rings is 1. The van der Waals surface area contributed by atoms with Crippen LogP contribution in [-0.4, -0.2) is 30.5 Å². The summed E-state index contributed by atoms with van der Waals surface area (Å²) in [6, 6.07) is 14.8. The van der Waals surface area contributed by atoms with Crippen molar-refractivity contribution in [3.63, 3.8) is 0 Å². The van der Waals surface area contributed by atoms with Gasteiger partial charge in [-0.15, -0.1) is 5.10 Å². The Hall–Kier alpha value is -3.55. The summed E-state index contributed by atoms with van der Waals surface area (Å²) >= 11 is 0. The molecular weight excluding hydrogens is 392 g/mol. The number of rotatable bonds is 6. The van der Waals surface area contributed by atoms with Crippen molar-refractivity contribution in [3.8, 4) is 0 Å². The Kier molecular flexibility index (Phi) is 5.54. The van der Waals surface area contributed by atoms with E-state index in [1.807, 2.05) is 38.1 Å². The van der Waals surface area contributed by atoms with E-state index in [1.165, 1.54) is 0 Å². The quantitative estimate of drug-likeness (QED) is 0.519. The van der Waals surface area contributed by atoms with Gasteiger partial charge in [0.2, 0.25) is 5.91 Å². The van der Waals surface area contributed by atoms with E-state index in [1.54, 1.807) is 24.3 Å². The van der Waals surface area contributed by atoms with Crippen LogP contribution in [0.3, 0.4) is 0 Å². The molecule has 4 rings (SSSR count). The van der Waals surface area contributed by atoms with Crippen LogP contribution in [0, 0.1) is 5.92 Å². The highest BCUT2D eigenvalue weighted by Gasteiger charge is 2.26. The molecule has 0 unspecified atom stereocenters. The molecule has 0 fully saturated rings. The maximum atomic E-state index is 12.9. The molecule has 1 atom stereocenters. The van der Waals surface area contributed by atoms with Crippen LogP contribution in [0.15, 0.2) is 53.3 Å². The molecular formula is C23H26N6O2. The molecule has 0 aliphatic carbocycles. The van der Waals surface area contributed by atoms with Crippen LogP contribution in [0.4, 0.5) is 0 Å². The van der Waals surface area contributed by atoms with Gasteiger partial charge in [-0.05, 0) is 44.0 Å². The van der Waals surface area contributed by atoms with Gasteiger partial charge in [0, 0.05) is 6.04 Å². The van der Waals surface area contributed by atoms with Crippen molar-refractivity contribution in [1.29, 1.82) is 0 Å². The van der Waals surface area contributed by atoms with Crippen molar-refractivity contribution >= 4 is 27.8 Å². The number of aromatic nitrogens is 5. The Morgan fingerprint density at radius 2 is 1.68 bits per heavy atom. The Labute approximate surface area is 179 Å². The van der Waals surface area contributed by atoms with Gasteiger partial charge in [-0.2, -0.15) is 0 Å². The number of nitrogens with zero attached hydrogens (tertiary/aromatic N) is 5. The van der Waals surface area contributed by atoms with Gasteiger partial charge in [-0.25, -0.2) is 9.67 Å². The third kappa shape index (κ3) is 3.93. The second-order valence-corrected chi connectivity index (χ2v) is 8.28. The van der Waals surface area contributed by atoms with Crippen LogP contribution in [-0.2, 0) is 11.3 Å². The third-order valence-electron chi connectivity index (χ3n) is 5.32. The van der Waals surface area contributed by atoms with Gasteiger partial charge in [-0.1, -0.05) is 43.3 Å². The Bertz CT molecular complexity index is 1300. The molecule has 31 heavy (non-hydrogen) atoms. The SMILES string of the molecule is CC(C)[C@@H](NC(=O)Cn1nnc2ccccc2c1=O)c1nc2ccccc2n1C(C)C. The van der Waals surface area contributed by atoms with E-state index >= 15 is 0 Å². The summed E-state index contributed by atoms with van der Waals surface area (Å²) in [5.74, 6) is 0.585. The number of hydrogen-bond acceptors (Lipinski definition) is 5. The van der Waals surface area contributed by atoms with Gasteiger partial charge in [-0.3, -0.25) is 9.59 Å². The minimum Gasteiger partial charge on any atom is -0.344 e. The van der Waals surface area contributed by atoms with E-state index in [4.69, 9.17) is 4.98 Å². The lowest BCUT2D eigenvalue weighted by molar-refractivity contribution is -0.123. The second-order valence-electron chi connectivity index (χ2n) is 8.28. The lowest BCUT2D eigenvalue weighted by Gasteiger charge is -2.24. The molecule has 2 heterocycles. The summed E-state index contributed by atoms with van der Waals surface area (Å²) in [5, 5.41) is 11.5. The van der Waals surface area contributed by atoms with Gasteiger partial charge >= 0.3 is 0 Å². The first-order valence-electron chi connectivity index (χ1n) is 10.5. The first kappa shape index (κ1) is 20.7. The minimum absolute atomic E-state index is 0.0951. The molecule has 2 aromatic carbocycles. The molecule has 0 saturated carbocycles. The summed E-state index contributed by atoms with van der Waals surface area (Å²) in [7, 11) is 0. The molecule has 160 valence electrons. The number of nitrogens with one attached hydrogen (secondary N) is 1. The summed E-state index contributed by atoms with van der Waals surface area (Å²) in [6.07, 6.45) is 0. The Balaban J connectivity index is 1.65. The Morgan fingerprint density at radius 1 is 1.00 bits per heavy atom. The summed E-state index contributed by atoms with van der Waals surface area (Å²) in [6.45, 7) is 8.07. The largest absolute Gasteiger partial charge is 0.344 e. The Morgan fingerprint density at radius 3 is 2.39 bits per heavy atom. The van der Waals surface area contributed by atoms with Crippen LogP contribution < -0.4 is 10.9 Å². The number of fused-ring (bicyclic) bond motifs is 2. The number of carbonyl (C=O) groups is 1. The van der Waals surface area contributed by atoms with E-state index in [0.29, 0.717) is 10.9 Å². The van der Waals surface area contributed by atoms with E-state index in [9.17, 15) is 9.59 Å². The smallest absolute Gasteiger partial charge is 0.278 e. The van der Waals surface area contributed by atoms with Crippen molar-refractivity contribution in [2.45, 2.75) is 46.3 Å². The highest BCUT2D eigenvalue weighted by molar-refractivity contribution is 5.79. The summed E-state index contributed by atoms with van der Waals surface area (Å²) in [4.78, 5) is 30.4. The number of para-hydroxylation sites is 2. The molecule has 8 nitrogen and oxygen atoms in total. The summed E-state index contributed by atoms with van der Waals surface area (Å²) < 4.78 is 3.25. The van der Waals surface area contributed by atoms with Crippen LogP contribution in [0.5, 0.6) is 0 Å². The van der Waals surface area contributed by atoms with Crippen molar-refractivity contribution in [3.05, 3.63) is 64.7 Å². The molecule has 1 N–H and O–H groups in total. The van der Waals surface area contributed by atoms with Gasteiger partial charge in [0.15, 0.2) is 0 Å². The van der Waals surface area contributed by atoms with Crippen molar-refractivity contribution in [2.24, 2.45) is 5.92 Å². The fraction of sp³-hybridized carbons (Fsp3) is 0.348. The molecule has 0 bridgehead atoms. The predicted molar refractivity (Wildman–Crippen MR) is 120 cm³/mol. The number of carbonyl (C=O) groups excluding carboxylic acids is 1.